The van der Waals surface area contributed by atoms with E-state index in [1.807, 2.05) is 6.08 Å². The highest BCUT2D eigenvalue weighted by Gasteiger charge is 2.09. The van der Waals surface area contributed by atoms with Gasteiger partial charge in [0.25, 0.3) is 0 Å². The molecule has 0 amide bonds. The molecule has 3 nitrogen and oxygen atoms in total. The van der Waals surface area contributed by atoms with E-state index in [9.17, 15) is 4.79 Å². The maximum absolute atomic E-state index is 10.3. The van der Waals surface area contributed by atoms with E-state index in [4.69, 9.17) is 0 Å². The zero-order chi connectivity index (χ0) is 6.69. The summed E-state index contributed by atoms with van der Waals surface area (Å²) in [6, 6.07) is 0. The first-order chi connectivity index (χ1) is 4.33. The Kier molecular flexibility index (Phi) is 1.72. The summed E-state index contributed by atoms with van der Waals surface area (Å²) in [7, 11) is 1.30. The fourth-order valence-electron chi connectivity index (χ4n) is 0.401. The molecule has 0 heterocycles. The maximum atomic E-state index is 10.3. The molecule has 0 aromatic heterocycles. The van der Waals surface area contributed by atoms with Crippen LogP contribution in [-0.2, 0) is 9.47 Å². The highest BCUT2D eigenvalue weighted by atomic mass is 16.7. The van der Waals surface area contributed by atoms with Gasteiger partial charge in [0.1, 0.15) is 6.61 Å². The van der Waals surface area contributed by atoms with Gasteiger partial charge in [-0.15, -0.1) is 0 Å². The zero-order valence-corrected chi connectivity index (χ0v) is 5.22. The Morgan fingerprint density at radius 3 is 3.00 bits per heavy atom. The van der Waals surface area contributed by atoms with Crippen molar-refractivity contribution in [3.8, 4) is 0 Å². The number of hydrogen-bond acceptors (Lipinski definition) is 3. The summed E-state index contributed by atoms with van der Waals surface area (Å²) in [4.78, 5) is 10.3. The second-order valence-corrected chi connectivity index (χ2v) is 1.81. The van der Waals surface area contributed by atoms with Crippen molar-refractivity contribution in [1.82, 2.24) is 0 Å². The molecule has 0 spiro atoms. The molecule has 50 valence electrons. The number of ether oxygens (including phenoxy) is 2. The van der Waals surface area contributed by atoms with E-state index >= 15 is 0 Å². The van der Waals surface area contributed by atoms with Gasteiger partial charge in [-0.25, -0.2) is 4.79 Å². The molecule has 0 aromatic rings. The number of methoxy groups -OCH3 is 1. The number of allylic oxidation sites excluding steroid dienone is 1. The lowest BCUT2D eigenvalue weighted by molar-refractivity contribution is 0.0805. The largest absolute Gasteiger partial charge is 0.508 e. The van der Waals surface area contributed by atoms with Crippen LogP contribution in [0.15, 0.2) is 11.6 Å². The fraction of sp³-hybridized carbons (Fsp3) is 0.500. The Morgan fingerprint density at radius 1 is 1.89 bits per heavy atom. The van der Waals surface area contributed by atoms with Crippen LogP contribution in [0.3, 0.4) is 0 Å². The van der Waals surface area contributed by atoms with Crippen LogP contribution in [0.25, 0.3) is 0 Å². The number of hydrogen-bond donors (Lipinski definition) is 0. The lowest BCUT2D eigenvalue weighted by Crippen LogP contribution is -2.04. The standard InChI is InChI=1S/C6H8O3/c1-8-6(7)9-4-5-2-3-5/h2H,3-4H2,1H3. The zero-order valence-electron chi connectivity index (χ0n) is 5.22. The Bertz CT molecular complexity index is 148. The van der Waals surface area contributed by atoms with Crippen molar-refractivity contribution in [2.75, 3.05) is 13.7 Å². The molecule has 0 N–H and O–H groups in total. The molecule has 0 aromatic carbocycles. The highest BCUT2D eigenvalue weighted by molar-refractivity contribution is 5.59. The van der Waals surface area contributed by atoms with Gasteiger partial charge in [0.15, 0.2) is 0 Å². The van der Waals surface area contributed by atoms with Crippen LogP contribution >= 0.6 is 0 Å². The van der Waals surface area contributed by atoms with Crippen LogP contribution in [0.5, 0.6) is 0 Å². The summed E-state index contributed by atoms with van der Waals surface area (Å²) >= 11 is 0. The first kappa shape index (κ1) is 6.13. The van der Waals surface area contributed by atoms with E-state index in [0.717, 1.165) is 6.42 Å². The molecule has 0 fully saturated rings. The number of carbonyl (C=O) groups excluding carboxylic acids is 1. The minimum atomic E-state index is -0.609. The maximum Gasteiger partial charge on any atom is 0.508 e. The molecule has 1 aliphatic rings. The molecule has 1 aliphatic carbocycles. The van der Waals surface area contributed by atoms with Crippen molar-refractivity contribution >= 4 is 6.16 Å². The average Bonchev–Trinajstić information content (AvgIpc) is 2.65. The minimum Gasteiger partial charge on any atom is -0.438 e. The van der Waals surface area contributed by atoms with Crippen LogP contribution in [0, 0.1) is 0 Å². The predicted octanol–water partition coefficient (Wildman–Crippen LogP) is 1.10. The molecule has 9 heavy (non-hydrogen) atoms. The molecule has 1 rings (SSSR count). The van der Waals surface area contributed by atoms with Crippen LogP contribution in [0.2, 0.25) is 0 Å². The van der Waals surface area contributed by atoms with Crippen molar-refractivity contribution in [1.29, 1.82) is 0 Å². The Balaban J connectivity index is 2.03. The molecular weight excluding hydrogens is 120 g/mol. The van der Waals surface area contributed by atoms with E-state index in [0.29, 0.717) is 6.61 Å². The molecule has 0 bridgehead atoms. The molecule has 0 radical (unpaired) electrons. The van der Waals surface area contributed by atoms with Crippen LogP contribution < -0.4 is 0 Å². The van der Waals surface area contributed by atoms with Gasteiger partial charge in [-0.2, -0.15) is 0 Å². The summed E-state index contributed by atoms with van der Waals surface area (Å²) in [5.41, 5.74) is 1.17. The van der Waals surface area contributed by atoms with Gasteiger partial charge in [-0.3, -0.25) is 0 Å². The van der Waals surface area contributed by atoms with Crippen LogP contribution in [0.1, 0.15) is 6.42 Å². The van der Waals surface area contributed by atoms with Crippen molar-refractivity contribution in [3.63, 3.8) is 0 Å². The van der Waals surface area contributed by atoms with Crippen LogP contribution in [0.4, 0.5) is 4.79 Å². The SMILES string of the molecule is COC(=O)OCC1=CC1. The third kappa shape index (κ3) is 2.17. The van der Waals surface area contributed by atoms with Crippen molar-refractivity contribution in [3.05, 3.63) is 11.6 Å². The van der Waals surface area contributed by atoms with Gasteiger partial charge in [0.2, 0.25) is 0 Å². The lowest BCUT2D eigenvalue weighted by Gasteiger charge is -1.97. The fourth-order valence-corrected chi connectivity index (χ4v) is 0.401. The van der Waals surface area contributed by atoms with Gasteiger partial charge in [0, 0.05) is 0 Å². The third-order valence-electron chi connectivity index (χ3n) is 1.03. The van der Waals surface area contributed by atoms with E-state index < -0.39 is 6.16 Å². The monoisotopic (exact) mass is 128 g/mol. The van der Waals surface area contributed by atoms with Gasteiger partial charge in [-0.05, 0) is 12.0 Å². The Morgan fingerprint density at radius 2 is 2.56 bits per heavy atom. The van der Waals surface area contributed by atoms with Crippen LogP contribution in [-0.4, -0.2) is 19.9 Å². The Labute approximate surface area is 53.3 Å². The van der Waals surface area contributed by atoms with Gasteiger partial charge >= 0.3 is 6.16 Å². The van der Waals surface area contributed by atoms with Crippen molar-refractivity contribution < 1.29 is 14.3 Å². The van der Waals surface area contributed by atoms with E-state index in [2.05, 4.69) is 9.47 Å². The lowest BCUT2D eigenvalue weighted by atomic mass is 10.5. The van der Waals surface area contributed by atoms with Crippen molar-refractivity contribution in [2.24, 2.45) is 0 Å². The summed E-state index contributed by atoms with van der Waals surface area (Å²) in [5.74, 6) is 0. The first-order valence-corrected chi connectivity index (χ1v) is 2.71. The molecule has 0 saturated carbocycles. The van der Waals surface area contributed by atoms with Crippen molar-refractivity contribution in [2.45, 2.75) is 6.42 Å². The number of rotatable bonds is 2. The molecular formula is C6H8O3. The highest BCUT2D eigenvalue weighted by Crippen LogP contribution is 2.17. The Hall–Kier alpha value is -0.990. The molecule has 0 unspecified atom stereocenters. The molecule has 0 aliphatic heterocycles. The van der Waals surface area contributed by atoms with Gasteiger partial charge in [0.05, 0.1) is 7.11 Å². The van der Waals surface area contributed by atoms with Gasteiger partial charge in [-0.1, -0.05) is 6.08 Å². The molecule has 0 saturated heterocycles. The predicted molar refractivity (Wildman–Crippen MR) is 31.1 cm³/mol. The normalized spacial score (nSPS) is 14.1. The summed E-state index contributed by atoms with van der Waals surface area (Å²) in [5, 5.41) is 0. The van der Waals surface area contributed by atoms with Gasteiger partial charge < -0.3 is 9.47 Å². The second-order valence-electron chi connectivity index (χ2n) is 1.81. The smallest absolute Gasteiger partial charge is 0.438 e. The molecule has 0 atom stereocenters. The van der Waals surface area contributed by atoms with E-state index in [1.165, 1.54) is 12.7 Å². The number of carbonyl (C=O) groups is 1. The topological polar surface area (TPSA) is 35.5 Å². The summed E-state index contributed by atoms with van der Waals surface area (Å²) in [6.07, 6.45) is 2.38. The second kappa shape index (κ2) is 2.53. The van der Waals surface area contributed by atoms with E-state index in [1.54, 1.807) is 0 Å². The minimum absolute atomic E-state index is 0.396. The first-order valence-electron chi connectivity index (χ1n) is 2.71. The summed E-state index contributed by atoms with van der Waals surface area (Å²) < 4.78 is 8.83. The summed E-state index contributed by atoms with van der Waals surface area (Å²) in [6.45, 7) is 0.396. The quantitative estimate of drug-likeness (QED) is 0.412. The third-order valence-corrected chi connectivity index (χ3v) is 1.03. The average molecular weight is 128 g/mol. The molecule has 3 heteroatoms. The van der Waals surface area contributed by atoms with E-state index in [-0.39, 0.29) is 0 Å².